The Kier molecular flexibility index (Phi) is 10.2. The zero-order valence-corrected chi connectivity index (χ0v) is 28.7. The normalized spacial score (nSPS) is 19.7. The first-order chi connectivity index (χ1) is 21.7. The molecule has 2 aliphatic rings. The number of urea groups is 1. The fraction of sp³-hybridized carbons (Fsp3) is 0.371. The quantitative estimate of drug-likeness (QED) is 0.266. The molecular formula is C35H39Cl2N3O5S. The number of nitrogens with one attached hydrogen (secondary N) is 2. The molecule has 0 spiro atoms. The van der Waals surface area contributed by atoms with Crippen molar-refractivity contribution in [3.63, 3.8) is 0 Å². The second-order valence-electron chi connectivity index (χ2n) is 13.0. The third-order valence-electron chi connectivity index (χ3n) is 8.54. The maximum absolute atomic E-state index is 13.7. The summed E-state index contributed by atoms with van der Waals surface area (Å²) in [4.78, 5) is 27.2. The number of rotatable bonds is 7. The molecule has 2 N–H and O–H groups in total. The number of anilines is 1. The van der Waals surface area contributed by atoms with Gasteiger partial charge in [-0.3, -0.25) is 4.79 Å². The van der Waals surface area contributed by atoms with Gasteiger partial charge in [-0.1, -0.05) is 92.0 Å². The lowest BCUT2D eigenvalue weighted by Gasteiger charge is -2.35. The Morgan fingerprint density at radius 3 is 2.33 bits per heavy atom. The maximum atomic E-state index is 13.7. The number of Topliss-reactive ketones (excluding diaryl/α,β-unsaturated/α-hetero) is 1. The summed E-state index contributed by atoms with van der Waals surface area (Å²) in [5.41, 5.74) is 3.47. The number of para-hydroxylation sites is 1. The Morgan fingerprint density at radius 2 is 1.67 bits per heavy atom. The lowest BCUT2D eigenvalue weighted by Crippen LogP contribution is -2.50. The first-order valence-corrected chi connectivity index (χ1v) is 17.5. The number of carbonyl (C=O) groups excluding carboxylic acids is 2. The summed E-state index contributed by atoms with van der Waals surface area (Å²) in [5, 5.41) is 6.34. The molecule has 1 saturated heterocycles. The fourth-order valence-electron chi connectivity index (χ4n) is 5.91. The van der Waals surface area contributed by atoms with E-state index in [9.17, 15) is 18.0 Å². The molecule has 0 bridgehead atoms. The van der Waals surface area contributed by atoms with E-state index in [1.54, 1.807) is 0 Å². The van der Waals surface area contributed by atoms with E-state index in [1.807, 2.05) is 76.2 Å². The Morgan fingerprint density at radius 1 is 1.00 bits per heavy atom. The van der Waals surface area contributed by atoms with Crippen LogP contribution >= 0.6 is 23.2 Å². The van der Waals surface area contributed by atoms with Crippen LogP contribution in [0.1, 0.15) is 56.4 Å². The lowest BCUT2D eigenvalue weighted by molar-refractivity contribution is -0.123. The first-order valence-electron chi connectivity index (χ1n) is 15.3. The molecule has 0 aromatic heterocycles. The van der Waals surface area contributed by atoms with E-state index in [2.05, 4.69) is 10.6 Å². The molecule has 0 saturated carbocycles. The van der Waals surface area contributed by atoms with Crippen molar-refractivity contribution in [2.24, 2.45) is 11.3 Å². The molecular weight excluding hydrogens is 645 g/mol. The summed E-state index contributed by atoms with van der Waals surface area (Å²) in [7, 11) is -3.75. The van der Waals surface area contributed by atoms with Crippen LogP contribution in [-0.4, -0.2) is 43.7 Å². The Hall–Kier alpha value is -3.37. The number of piperidine rings is 1. The highest BCUT2D eigenvalue weighted by molar-refractivity contribution is 7.89. The third kappa shape index (κ3) is 7.60. The average Bonchev–Trinajstić information content (AvgIpc) is 2.99. The van der Waals surface area contributed by atoms with Gasteiger partial charge in [0.2, 0.25) is 10.0 Å². The second-order valence-corrected chi connectivity index (χ2v) is 15.7. The molecule has 2 heterocycles. The number of benzene rings is 3. The lowest BCUT2D eigenvalue weighted by atomic mass is 9.79. The summed E-state index contributed by atoms with van der Waals surface area (Å²) in [6.45, 7) is 8.51. The van der Waals surface area contributed by atoms with Gasteiger partial charge in [0.15, 0.2) is 11.9 Å². The minimum atomic E-state index is -3.75. The van der Waals surface area contributed by atoms with Crippen LogP contribution in [0.4, 0.5) is 10.5 Å². The maximum Gasteiger partial charge on any atom is 0.319 e. The number of hydrogen-bond acceptors (Lipinski definition) is 5. The van der Waals surface area contributed by atoms with E-state index in [1.165, 1.54) is 28.8 Å². The van der Waals surface area contributed by atoms with E-state index in [4.69, 9.17) is 27.9 Å². The van der Waals surface area contributed by atoms with Crippen LogP contribution in [0.25, 0.3) is 0 Å². The molecule has 5 rings (SSSR count). The molecule has 8 nitrogen and oxygen atoms in total. The van der Waals surface area contributed by atoms with Gasteiger partial charge in [0.05, 0.1) is 11.3 Å². The fourth-order valence-corrected chi connectivity index (χ4v) is 8.12. The van der Waals surface area contributed by atoms with E-state index >= 15 is 0 Å². The Bertz CT molecular complexity index is 1740. The first kappa shape index (κ1) is 34.0. The molecule has 2 atom stereocenters. The minimum absolute atomic E-state index is 0.0501. The number of halogens is 2. The largest absolute Gasteiger partial charge is 0.490 e. The van der Waals surface area contributed by atoms with Gasteiger partial charge in [0.25, 0.3) is 0 Å². The van der Waals surface area contributed by atoms with Crippen LogP contribution in [-0.2, 0) is 26.0 Å². The topological polar surface area (TPSA) is 105 Å². The number of sulfonamides is 1. The predicted octanol–water partition coefficient (Wildman–Crippen LogP) is 7.71. The van der Waals surface area contributed by atoms with Crippen molar-refractivity contribution in [1.29, 1.82) is 0 Å². The Balaban J connectivity index is 1.26. The molecule has 2 unspecified atom stereocenters. The number of amides is 2. The monoisotopic (exact) mass is 683 g/mol. The molecule has 2 aliphatic heterocycles. The molecule has 2 amide bonds. The van der Waals surface area contributed by atoms with E-state index in [0.29, 0.717) is 48.6 Å². The van der Waals surface area contributed by atoms with Crippen molar-refractivity contribution >= 4 is 50.7 Å². The second kappa shape index (κ2) is 13.8. The van der Waals surface area contributed by atoms with Crippen molar-refractivity contribution < 1.29 is 22.7 Å². The number of ether oxygens (including phenoxy) is 1. The summed E-state index contributed by atoms with van der Waals surface area (Å²) >= 11 is 12.2. The van der Waals surface area contributed by atoms with Gasteiger partial charge in [-0.15, -0.1) is 0 Å². The minimum Gasteiger partial charge on any atom is -0.490 e. The molecule has 3 aromatic carbocycles. The van der Waals surface area contributed by atoms with Gasteiger partial charge >= 0.3 is 6.03 Å². The van der Waals surface area contributed by atoms with Crippen molar-refractivity contribution in [3.8, 4) is 0 Å². The zero-order valence-electron chi connectivity index (χ0n) is 26.3. The highest BCUT2D eigenvalue weighted by Gasteiger charge is 2.41. The standard InChI is InChI=1S/C35H39Cl2N3O5S/c1-22-9-11-24(12-10-22)33-31(32(41)27(21-45-33)35(2,3)4)39-34(42)38-29-8-6-5-7-25(29)19-23-15-17-40(18-16-23)46(43,44)30-14-13-26(36)20-28(30)37/h5-14,20-21,23,31,33H,15-19H2,1-4H3,(H2,38,39,42). The summed E-state index contributed by atoms with van der Waals surface area (Å²) in [5.74, 6) is 0.0197. The van der Waals surface area contributed by atoms with Crippen LogP contribution in [0.15, 0.2) is 83.5 Å². The highest BCUT2D eigenvalue weighted by Crippen LogP contribution is 2.36. The predicted molar refractivity (Wildman–Crippen MR) is 182 cm³/mol. The number of carbonyl (C=O) groups is 2. The number of nitrogens with zero attached hydrogens (tertiary/aromatic N) is 1. The molecule has 0 radical (unpaired) electrons. The van der Waals surface area contributed by atoms with Crippen molar-refractivity contribution in [3.05, 3.63) is 105 Å². The van der Waals surface area contributed by atoms with Gasteiger partial charge < -0.3 is 15.4 Å². The van der Waals surface area contributed by atoms with Crippen LogP contribution < -0.4 is 10.6 Å². The number of ketones is 1. The molecule has 0 aliphatic carbocycles. The van der Waals surface area contributed by atoms with Crippen LogP contribution in [0.5, 0.6) is 0 Å². The van der Waals surface area contributed by atoms with Gasteiger partial charge in [0, 0.05) is 29.4 Å². The number of hydrogen-bond donors (Lipinski definition) is 2. The van der Waals surface area contributed by atoms with Gasteiger partial charge in [-0.25, -0.2) is 13.2 Å². The summed E-state index contributed by atoms with van der Waals surface area (Å²) in [6.07, 6.45) is 2.81. The molecule has 1 fully saturated rings. The van der Waals surface area contributed by atoms with E-state index < -0.39 is 33.6 Å². The zero-order chi connectivity index (χ0) is 33.2. The highest BCUT2D eigenvalue weighted by atomic mass is 35.5. The van der Waals surface area contributed by atoms with Gasteiger partial charge in [0.1, 0.15) is 10.9 Å². The third-order valence-corrected chi connectivity index (χ3v) is 11.2. The van der Waals surface area contributed by atoms with Crippen LogP contribution in [0.2, 0.25) is 10.0 Å². The number of aryl methyl sites for hydroxylation is 1. The van der Waals surface area contributed by atoms with Gasteiger partial charge in [-0.2, -0.15) is 4.31 Å². The summed E-state index contributed by atoms with van der Waals surface area (Å²) in [6, 6.07) is 18.2. The molecule has 244 valence electrons. The molecule has 3 aromatic rings. The Labute approximate surface area is 281 Å². The van der Waals surface area contributed by atoms with Crippen molar-refractivity contribution in [1.82, 2.24) is 9.62 Å². The smallest absolute Gasteiger partial charge is 0.319 e. The van der Waals surface area contributed by atoms with E-state index in [0.717, 1.165) is 16.7 Å². The van der Waals surface area contributed by atoms with Gasteiger partial charge in [-0.05, 0) is 72.9 Å². The SMILES string of the molecule is Cc1ccc(C2OC=C(C(C)(C)C)C(=O)C2NC(=O)Nc2ccccc2CC2CCN(S(=O)(=O)c3ccc(Cl)cc3Cl)CC2)cc1. The summed E-state index contributed by atoms with van der Waals surface area (Å²) < 4.78 is 34.1. The molecule has 11 heteroatoms. The average molecular weight is 685 g/mol. The molecule has 46 heavy (non-hydrogen) atoms. The van der Waals surface area contributed by atoms with Crippen LogP contribution in [0, 0.1) is 18.3 Å². The van der Waals surface area contributed by atoms with Crippen molar-refractivity contribution in [2.45, 2.75) is 64.0 Å². The van der Waals surface area contributed by atoms with Crippen LogP contribution in [0.3, 0.4) is 0 Å². The van der Waals surface area contributed by atoms with Crippen molar-refractivity contribution in [2.75, 3.05) is 18.4 Å². The van der Waals surface area contributed by atoms with E-state index in [-0.39, 0.29) is 21.6 Å².